The van der Waals surface area contributed by atoms with Crippen LogP contribution in [0.15, 0.2) is 11.1 Å². The third-order valence-electron chi connectivity index (χ3n) is 7.69. The molecule has 37 heavy (non-hydrogen) atoms. The van der Waals surface area contributed by atoms with Crippen LogP contribution in [0.25, 0.3) is 0 Å². The second-order valence-electron chi connectivity index (χ2n) is 11.2. The number of hydrogen-bond donors (Lipinski definition) is 3. The summed E-state index contributed by atoms with van der Waals surface area (Å²) in [5.41, 5.74) is 1.40. The van der Waals surface area contributed by atoms with Gasteiger partial charge in [-0.25, -0.2) is 0 Å². The van der Waals surface area contributed by atoms with Gasteiger partial charge in [-0.2, -0.15) is 0 Å². The molecule has 3 N–H and O–H groups in total. The number of unbranched alkanes of at least 4 members (excludes halogenated alkanes) is 18. The number of carbonyl (C=O) groups is 1. The van der Waals surface area contributed by atoms with Crippen molar-refractivity contribution in [1.82, 2.24) is 0 Å². The molecule has 1 unspecified atom stereocenters. The van der Waals surface area contributed by atoms with Gasteiger partial charge in [0.15, 0.2) is 5.78 Å². The lowest BCUT2D eigenvalue weighted by Crippen LogP contribution is -2.32. The van der Waals surface area contributed by atoms with Crippen LogP contribution in [0, 0.1) is 0 Å². The molecule has 4 heteroatoms. The lowest BCUT2D eigenvalue weighted by molar-refractivity contribution is -0.116. The summed E-state index contributed by atoms with van der Waals surface area (Å²) in [7, 11) is 0. The van der Waals surface area contributed by atoms with Crippen LogP contribution in [0.3, 0.4) is 0 Å². The highest BCUT2D eigenvalue weighted by molar-refractivity contribution is 5.96. The largest absolute Gasteiger partial charge is 0.394 e. The molecule has 0 rings (SSSR count). The van der Waals surface area contributed by atoms with Gasteiger partial charge in [0, 0.05) is 6.42 Å². The third-order valence-corrected chi connectivity index (χ3v) is 7.69. The summed E-state index contributed by atoms with van der Waals surface area (Å²) < 4.78 is 0. The molecule has 0 aliphatic rings. The molecule has 0 aromatic heterocycles. The first kappa shape index (κ1) is 36.3. The van der Waals surface area contributed by atoms with Crippen LogP contribution < -0.4 is 0 Å². The summed E-state index contributed by atoms with van der Waals surface area (Å²) in [5, 5.41) is 30.2. The maximum atomic E-state index is 13.3. The number of aliphatic hydroxyl groups excluding tert-OH is 3. The number of aliphatic hydroxyl groups is 3. The first-order valence-corrected chi connectivity index (χ1v) is 16.2. The zero-order valence-corrected chi connectivity index (χ0v) is 25.1. The zero-order chi connectivity index (χ0) is 27.6. The summed E-state index contributed by atoms with van der Waals surface area (Å²) in [6.45, 7) is 6.04. The van der Waals surface area contributed by atoms with Crippen molar-refractivity contribution in [3.63, 3.8) is 0 Å². The van der Waals surface area contributed by atoms with Gasteiger partial charge in [0.2, 0.25) is 0 Å². The SMILES string of the molecule is CCCCCCCCCCCCC(=O)C(CCCCCCCCCCCC)=C(CCC)C(O)[C@@H](O)CO. The highest BCUT2D eigenvalue weighted by Crippen LogP contribution is 2.26. The van der Waals surface area contributed by atoms with E-state index < -0.39 is 18.8 Å². The second kappa shape index (κ2) is 26.9. The van der Waals surface area contributed by atoms with Gasteiger partial charge < -0.3 is 15.3 Å². The van der Waals surface area contributed by atoms with Gasteiger partial charge in [-0.1, -0.05) is 143 Å². The average Bonchev–Trinajstić information content (AvgIpc) is 2.91. The monoisotopic (exact) mass is 524 g/mol. The quantitative estimate of drug-likeness (QED) is 0.0705. The molecule has 0 bridgehead atoms. The molecule has 4 nitrogen and oxygen atoms in total. The molecule has 0 aromatic carbocycles. The van der Waals surface area contributed by atoms with Crippen LogP contribution in [0.4, 0.5) is 0 Å². The summed E-state index contributed by atoms with van der Waals surface area (Å²) in [5.74, 6) is 0.142. The molecule has 0 amide bonds. The van der Waals surface area contributed by atoms with E-state index in [2.05, 4.69) is 13.8 Å². The molecule has 0 heterocycles. The summed E-state index contributed by atoms with van der Waals surface area (Å²) in [6, 6.07) is 0. The molecule has 0 spiro atoms. The van der Waals surface area contributed by atoms with Crippen LogP contribution in [0.5, 0.6) is 0 Å². The van der Waals surface area contributed by atoms with Gasteiger partial charge in [0.1, 0.15) is 12.2 Å². The van der Waals surface area contributed by atoms with Crippen LogP contribution >= 0.6 is 0 Å². The number of ketones is 1. The van der Waals surface area contributed by atoms with Crippen LogP contribution in [0.2, 0.25) is 0 Å². The van der Waals surface area contributed by atoms with Crippen molar-refractivity contribution in [1.29, 1.82) is 0 Å². The zero-order valence-electron chi connectivity index (χ0n) is 25.1. The van der Waals surface area contributed by atoms with Crippen molar-refractivity contribution in [2.24, 2.45) is 0 Å². The molecular formula is C33H64O4. The smallest absolute Gasteiger partial charge is 0.158 e. The van der Waals surface area contributed by atoms with Crippen molar-refractivity contribution in [3.8, 4) is 0 Å². The van der Waals surface area contributed by atoms with E-state index in [1.807, 2.05) is 6.92 Å². The third kappa shape index (κ3) is 19.9. The Bertz CT molecular complexity index is 542. The Labute approximate surface area is 230 Å². The van der Waals surface area contributed by atoms with Crippen molar-refractivity contribution < 1.29 is 20.1 Å². The Morgan fingerprint density at radius 1 is 0.514 bits per heavy atom. The molecule has 0 aliphatic carbocycles. The van der Waals surface area contributed by atoms with E-state index >= 15 is 0 Å². The molecule has 220 valence electrons. The number of hydrogen-bond acceptors (Lipinski definition) is 4. The van der Waals surface area contributed by atoms with Gasteiger partial charge in [0.05, 0.1) is 6.61 Å². The van der Waals surface area contributed by atoms with E-state index in [0.29, 0.717) is 24.8 Å². The van der Waals surface area contributed by atoms with Gasteiger partial charge in [0.25, 0.3) is 0 Å². The van der Waals surface area contributed by atoms with Crippen LogP contribution in [-0.4, -0.2) is 39.9 Å². The molecule has 0 aliphatic heterocycles. The first-order valence-electron chi connectivity index (χ1n) is 16.2. The molecule has 0 aromatic rings. The highest BCUT2D eigenvalue weighted by atomic mass is 16.4. The van der Waals surface area contributed by atoms with E-state index in [0.717, 1.165) is 37.7 Å². The maximum absolute atomic E-state index is 13.3. The molecule has 0 fully saturated rings. The van der Waals surface area contributed by atoms with Crippen molar-refractivity contribution in [2.45, 2.75) is 187 Å². The van der Waals surface area contributed by atoms with E-state index in [9.17, 15) is 20.1 Å². The number of rotatable bonds is 28. The Balaban J connectivity index is 4.68. The molecule has 0 saturated heterocycles. The molecule has 0 radical (unpaired) electrons. The summed E-state index contributed by atoms with van der Waals surface area (Å²) in [4.78, 5) is 13.3. The fourth-order valence-electron chi connectivity index (χ4n) is 5.27. The van der Waals surface area contributed by atoms with Gasteiger partial charge >= 0.3 is 0 Å². The van der Waals surface area contributed by atoms with Gasteiger partial charge in [-0.15, -0.1) is 0 Å². The number of allylic oxidation sites excluding steroid dienone is 1. The summed E-state index contributed by atoms with van der Waals surface area (Å²) >= 11 is 0. The van der Waals surface area contributed by atoms with E-state index in [1.165, 1.54) is 103 Å². The van der Waals surface area contributed by atoms with Crippen molar-refractivity contribution in [2.75, 3.05) is 6.61 Å². The maximum Gasteiger partial charge on any atom is 0.158 e. The molecular weight excluding hydrogens is 460 g/mol. The van der Waals surface area contributed by atoms with Gasteiger partial charge in [-0.05, 0) is 36.8 Å². The van der Waals surface area contributed by atoms with Crippen molar-refractivity contribution >= 4 is 5.78 Å². The minimum Gasteiger partial charge on any atom is -0.394 e. The lowest BCUT2D eigenvalue weighted by Gasteiger charge is -2.23. The molecule has 0 saturated carbocycles. The summed E-state index contributed by atoms with van der Waals surface area (Å²) in [6.07, 6.45) is 25.1. The normalized spacial score (nSPS) is 14.0. The predicted molar refractivity (Wildman–Crippen MR) is 159 cm³/mol. The van der Waals surface area contributed by atoms with E-state index in [4.69, 9.17) is 0 Å². The fourth-order valence-corrected chi connectivity index (χ4v) is 5.27. The Kier molecular flexibility index (Phi) is 26.4. The number of Topliss-reactive ketones (excluding diaryl/α,β-unsaturated/α-hetero) is 1. The Hall–Kier alpha value is -0.710. The predicted octanol–water partition coefficient (Wildman–Crippen LogP) is 8.99. The highest BCUT2D eigenvalue weighted by Gasteiger charge is 2.25. The average molecular weight is 525 g/mol. The Morgan fingerprint density at radius 3 is 1.27 bits per heavy atom. The first-order chi connectivity index (χ1) is 18.0. The van der Waals surface area contributed by atoms with Gasteiger partial charge in [-0.3, -0.25) is 4.79 Å². The minimum atomic E-state index is -1.23. The van der Waals surface area contributed by atoms with E-state index in [1.54, 1.807) is 0 Å². The molecule has 2 atom stereocenters. The second-order valence-corrected chi connectivity index (χ2v) is 11.2. The lowest BCUT2D eigenvalue weighted by atomic mass is 9.88. The van der Waals surface area contributed by atoms with Crippen LogP contribution in [0.1, 0.15) is 175 Å². The minimum absolute atomic E-state index is 0.142. The van der Waals surface area contributed by atoms with Crippen LogP contribution in [-0.2, 0) is 4.79 Å². The fraction of sp³-hybridized carbons (Fsp3) is 0.909. The Morgan fingerprint density at radius 2 is 0.892 bits per heavy atom. The number of carbonyl (C=O) groups excluding carboxylic acids is 1. The van der Waals surface area contributed by atoms with Crippen molar-refractivity contribution in [3.05, 3.63) is 11.1 Å². The topological polar surface area (TPSA) is 77.8 Å². The van der Waals surface area contributed by atoms with E-state index in [-0.39, 0.29) is 5.78 Å². The standard InChI is InChI=1S/C33H64O4/c1-4-7-9-11-13-15-17-19-21-23-26-29(30(25-6-3)33(37)32(36)28-34)31(35)27-24-22-20-18-16-14-12-10-8-5-2/h32-34,36-37H,4-28H2,1-3H3/t32-,33?/m0/s1.